The van der Waals surface area contributed by atoms with Gasteiger partial charge in [0.05, 0.1) is 45.0 Å². The standard InChI is InChI=1S/C49H29F2N3/c50-42-16-10-17-43(51)49(42)41-25-31(30-52)21-23-48(41)54-46-20-9-6-15-39(46)40-29-33(22-24-47(40)54)35-26-34(32-11-2-1-3-12-32)27-36(28-35)53-44-18-7-4-13-37(44)38-14-5-8-19-45(38)53/h1-29H. The van der Waals surface area contributed by atoms with Crippen molar-refractivity contribution >= 4 is 43.6 Å². The Kier molecular flexibility index (Phi) is 7.24. The van der Waals surface area contributed by atoms with Crippen molar-refractivity contribution in [1.82, 2.24) is 9.13 Å². The highest BCUT2D eigenvalue weighted by atomic mass is 19.1. The molecule has 10 aromatic rings. The summed E-state index contributed by atoms with van der Waals surface area (Å²) in [5.74, 6) is -1.38. The van der Waals surface area contributed by atoms with Crippen LogP contribution in [0.3, 0.4) is 0 Å². The maximum absolute atomic E-state index is 15.4. The number of halogens is 2. The van der Waals surface area contributed by atoms with Crippen LogP contribution in [0.15, 0.2) is 176 Å². The minimum Gasteiger partial charge on any atom is -0.309 e. The lowest BCUT2D eigenvalue weighted by atomic mass is 9.96. The summed E-state index contributed by atoms with van der Waals surface area (Å²) >= 11 is 0. The molecule has 0 spiro atoms. The summed E-state index contributed by atoms with van der Waals surface area (Å²) in [6.07, 6.45) is 0. The number of fused-ring (bicyclic) bond motifs is 6. The maximum atomic E-state index is 15.4. The topological polar surface area (TPSA) is 33.6 Å². The van der Waals surface area contributed by atoms with E-state index in [-0.39, 0.29) is 5.56 Å². The van der Waals surface area contributed by atoms with E-state index in [0.717, 1.165) is 60.8 Å². The average Bonchev–Trinajstić information content (AvgIpc) is 3.73. The van der Waals surface area contributed by atoms with E-state index in [4.69, 9.17) is 0 Å². The Morgan fingerprint density at radius 2 is 0.963 bits per heavy atom. The van der Waals surface area contributed by atoms with Crippen molar-refractivity contribution in [3.63, 3.8) is 0 Å². The van der Waals surface area contributed by atoms with Crippen LogP contribution in [0.1, 0.15) is 5.56 Å². The molecule has 54 heavy (non-hydrogen) atoms. The van der Waals surface area contributed by atoms with Crippen LogP contribution in [-0.2, 0) is 0 Å². The number of aromatic nitrogens is 2. The highest BCUT2D eigenvalue weighted by Crippen LogP contribution is 2.41. The number of nitrogens with zero attached hydrogens (tertiary/aromatic N) is 3. The second-order valence-corrected chi connectivity index (χ2v) is 13.5. The third kappa shape index (κ3) is 4.92. The first kappa shape index (κ1) is 31.4. The number of rotatable bonds is 5. The van der Waals surface area contributed by atoms with Crippen LogP contribution in [0.2, 0.25) is 0 Å². The van der Waals surface area contributed by atoms with Crippen molar-refractivity contribution in [1.29, 1.82) is 5.26 Å². The van der Waals surface area contributed by atoms with Gasteiger partial charge in [-0.25, -0.2) is 8.78 Å². The van der Waals surface area contributed by atoms with Crippen LogP contribution in [-0.4, -0.2) is 9.13 Å². The van der Waals surface area contributed by atoms with E-state index in [1.165, 1.54) is 29.0 Å². The fourth-order valence-electron chi connectivity index (χ4n) is 8.07. The molecule has 2 heterocycles. The molecule has 254 valence electrons. The fourth-order valence-corrected chi connectivity index (χ4v) is 8.07. The summed E-state index contributed by atoms with van der Waals surface area (Å²) < 4.78 is 35.2. The lowest BCUT2D eigenvalue weighted by Gasteiger charge is -2.16. The van der Waals surface area contributed by atoms with Crippen molar-refractivity contribution in [3.05, 3.63) is 193 Å². The maximum Gasteiger partial charge on any atom is 0.134 e. The minimum atomic E-state index is -0.688. The highest BCUT2D eigenvalue weighted by molar-refractivity contribution is 6.12. The molecule has 0 N–H and O–H groups in total. The predicted octanol–water partition coefficient (Wildman–Crippen LogP) is 13.0. The first-order valence-corrected chi connectivity index (χ1v) is 17.8. The average molecular weight is 698 g/mol. The molecule has 0 aliphatic heterocycles. The van der Waals surface area contributed by atoms with Crippen LogP contribution in [0.4, 0.5) is 8.78 Å². The molecule has 10 rings (SSSR count). The van der Waals surface area contributed by atoms with E-state index in [9.17, 15) is 5.26 Å². The SMILES string of the molecule is N#Cc1ccc(-n2c3ccccc3c3cc(-c4cc(-c5ccccc5)cc(-n5c6ccccc6c6ccccc65)c4)ccc32)c(-c2c(F)cccc2F)c1. The van der Waals surface area contributed by atoms with Crippen molar-refractivity contribution in [2.75, 3.05) is 0 Å². The van der Waals surface area contributed by atoms with Gasteiger partial charge in [0.1, 0.15) is 11.6 Å². The van der Waals surface area contributed by atoms with E-state index in [1.54, 1.807) is 18.2 Å². The van der Waals surface area contributed by atoms with Crippen LogP contribution in [0, 0.1) is 23.0 Å². The zero-order valence-corrected chi connectivity index (χ0v) is 28.8. The molecule has 0 amide bonds. The van der Waals surface area contributed by atoms with Crippen LogP contribution in [0.25, 0.3) is 88.4 Å². The van der Waals surface area contributed by atoms with Crippen molar-refractivity contribution in [2.45, 2.75) is 0 Å². The number of benzene rings is 8. The van der Waals surface area contributed by atoms with Crippen molar-refractivity contribution < 1.29 is 8.78 Å². The summed E-state index contributed by atoms with van der Waals surface area (Å²) in [7, 11) is 0. The fraction of sp³-hybridized carbons (Fsp3) is 0. The Hall–Kier alpha value is -7.29. The van der Waals surface area contributed by atoms with E-state index in [2.05, 4.69) is 126 Å². The van der Waals surface area contributed by atoms with Gasteiger partial charge in [-0.1, -0.05) is 97.1 Å². The van der Waals surface area contributed by atoms with Gasteiger partial charge in [0.2, 0.25) is 0 Å². The summed E-state index contributed by atoms with van der Waals surface area (Å²) in [4.78, 5) is 0. The van der Waals surface area contributed by atoms with Gasteiger partial charge >= 0.3 is 0 Å². The van der Waals surface area contributed by atoms with Gasteiger partial charge in [-0.3, -0.25) is 0 Å². The molecule has 0 aliphatic carbocycles. The van der Waals surface area contributed by atoms with Gasteiger partial charge < -0.3 is 9.13 Å². The zero-order chi connectivity index (χ0) is 36.3. The second-order valence-electron chi connectivity index (χ2n) is 13.5. The molecule has 0 unspecified atom stereocenters. The molecular formula is C49H29F2N3. The van der Waals surface area contributed by atoms with Gasteiger partial charge in [-0.2, -0.15) is 5.26 Å². The van der Waals surface area contributed by atoms with Crippen LogP contribution < -0.4 is 0 Å². The van der Waals surface area contributed by atoms with Gasteiger partial charge in [0.15, 0.2) is 0 Å². The highest BCUT2D eigenvalue weighted by Gasteiger charge is 2.21. The summed E-state index contributed by atoms with van der Waals surface area (Å²) in [6, 6.07) is 59.8. The van der Waals surface area contributed by atoms with E-state index >= 15 is 8.78 Å². The molecule has 0 aliphatic rings. The molecule has 0 bridgehead atoms. The molecule has 0 saturated heterocycles. The molecule has 3 nitrogen and oxygen atoms in total. The monoisotopic (exact) mass is 697 g/mol. The van der Waals surface area contributed by atoms with E-state index in [1.807, 2.05) is 28.8 Å². The summed E-state index contributed by atoms with van der Waals surface area (Å²) in [5, 5.41) is 14.2. The molecule has 5 heteroatoms. The van der Waals surface area contributed by atoms with E-state index < -0.39 is 11.6 Å². The Morgan fingerprint density at radius 1 is 0.407 bits per heavy atom. The molecule has 0 saturated carbocycles. The number of hydrogen-bond donors (Lipinski definition) is 0. The largest absolute Gasteiger partial charge is 0.309 e. The van der Waals surface area contributed by atoms with Gasteiger partial charge in [0.25, 0.3) is 0 Å². The lowest BCUT2D eigenvalue weighted by Crippen LogP contribution is -2.00. The molecule has 0 radical (unpaired) electrons. The minimum absolute atomic E-state index is 0.164. The quantitative estimate of drug-likeness (QED) is 0.176. The molecule has 0 fully saturated rings. The number of nitriles is 1. The lowest BCUT2D eigenvalue weighted by molar-refractivity contribution is 0.589. The van der Waals surface area contributed by atoms with Gasteiger partial charge in [-0.15, -0.1) is 0 Å². The third-order valence-electron chi connectivity index (χ3n) is 10.5. The van der Waals surface area contributed by atoms with Gasteiger partial charge in [0, 0.05) is 32.8 Å². The van der Waals surface area contributed by atoms with Crippen molar-refractivity contribution in [2.24, 2.45) is 0 Å². The smallest absolute Gasteiger partial charge is 0.134 e. The second kappa shape index (κ2) is 12.4. The molecule has 2 aromatic heterocycles. The first-order chi connectivity index (χ1) is 26.6. The third-order valence-corrected chi connectivity index (χ3v) is 10.5. The first-order valence-electron chi connectivity index (χ1n) is 17.8. The van der Waals surface area contributed by atoms with Gasteiger partial charge in [-0.05, 0) is 101 Å². The zero-order valence-electron chi connectivity index (χ0n) is 28.8. The predicted molar refractivity (Wildman–Crippen MR) is 216 cm³/mol. The van der Waals surface area contributed by atoms with E-state index in [0.29, 0.717) is 16.8 Å². The van der Waals surface area contributed by atoms with Crippen LogP contribution >= 0.6 is 0 Å². The Morgan fingerprint density at radius 3 is 1.61 bits per heavy atom. The molecule has 0 atom stereocenters. The Balaban J connectivity index is 1.23. The number of hydrogen-bond acceptors (Lipinski definition) is 1. The number of para-hydroxylation sites is 3. The van der Waals surface area contributed by atoms with Crippen LogP contribution in [0.5, 0.6) is 0 Å². The summed E-state index contributed by atoms with van der Waals surface area (Å²) in [6.45, 7) is 0. The molecular weight excluding hydrogens is 669 g/mol. The normalized spacial score (nSPS) is 11.5. The Bertz CT molecular complexity index is 3070. The molecule has 8 aromatic carbocycles. The Labute approximate surface area is 309 Å². The van der Waals surface area contributed by atoms with Crippen molar-refractivity contribution in [3.8, 4) is 50.8 Å². The summed E-state index contributed by atoms with van der Waals surface area (Å²) in [5.41, 5.74) is 10.4.